The second-order valence-corrected chi connectivity index (χ2v) is 4.55. The van der Waals surface area contributed by atoms with E-state index in [0.29, 0.717) is 13.0 Å². The number of hydrogen-bond acceptors (Lipinski definition) is 2. The lowest BCUT2D eigenvalue weighted by Gasteiger charge is -2.02. The molecule has 0 aromatic heterocycles. The topological polar surface area (TPSA) is 26.3 Å². The molecule has 0 aromatic carbocycles. The first-order chi connectivity index (χ1) is 8.31. The number of carbonyl (C=O) groups excluding carboxylic acids is 1. The van der Waals surface area contributed by atoms with Gasteiger partial charge in [0, 0.05) is 6.42 Å². The molecule has 0 saturated carbocycles. The molecule has 0 aromatic rings. The summed E-state index contributed by atoms with van der Waals surface area (Å²) in [5.74, 6) is -0.0900. The second-order valence-electron chi connectivity index (χ2n) is 4.55. The third-order valence-corrected chi connectivity index (χ3v) is 2.85. The maximum atomic E-state index is 11.1. The van der Waals surface area contributed by atoms with Crippen LogP contribution in [0.3, 0.4) is 0 Å². The van der Waals surface area contributed by atoms with Gasteiger partial charge >= 0.3 is 5.97 Å². The van der Waals surface area contributed by atoms with Crippen LogP contribution in [0.1, 0.15) is 71.1 Å². The predicted molar refractivity (Wildman–Crippen MR) is 73.0 cm³/mol. The van der Waals surface area contributed by atoms with Crippen molar-refractivity contribution in [3.8, 4) is 0 Å². The molecule has 0 aliphatic heterocycles. The van der Waals surface area contributed by atoms with Crippen LogP contribution in [-0.2, 0) is 9.53 Å². The average Bonchev–Trinajstić information content (AvgIpc) is 2.34. The van der Waals surface area contributed by atoms with E-state index in [9.17, 15) is 4.79 Å². The molecule has 0 heterocycles. The van der Waals surface area contributed by atoms with Crippen molar-refractivity contribution in [1.82, 2.24) is 0 Å². The first-order valence-electron chi connectivity index (χ1n) is 7.07. The number of ether oxygens (including phenoxy) is 1. The molecular weight excluding hydrogens is 212 g/mol. The largest absolute Gasteiger partial charge is 0.461 e. The van der Waals surface area contributed by atoms with Gasteiger partial charge in [-0.05, 0) is 6.42 Å². The van der Waals surface area contributed by atoms with Crippen LogP contribution in [0.2, 0.25) is 0 Å². The summed E-state index contributed by atoms with van der Waals surface area (Å²) in [7, 11) is 0. The lowest BCUT2D eigenvalue weighted by molar-refractivity contribution is -0.142. The number of unbranched alkanes of at least 4 members (excludes halogenated alkanes) is 8. The Balaban J connectivity index is 3.07. The van der Waals surface area contributed by atoms with Gasteiger partial charge in [0.2, 0.25) is 0 Å². The molecule has 2 nitrogen and oxygen atoms in total. The molecule has 100 valence electrons. The highest BCUT2D eigenvalue weighted by Crippen LogP contribution is 2.10. The summed E-state index contributed by atoms with van der Waals surface area (Å²) in [6, 6.07) is 0. The van der Waals surface area contributed by atoms with Crippen LogP contribution in [0, 0.1) is 0 Å². The van der Waals surface area contributed by atoms with Gasteiger partial charge in [-0.3, -0.25) is 4.79 Å². The standard InChI is InChI=1S/C15H28O2/c1-3-5-6-7-8-9-10-11-12-13-15(16)17-14-4-2/h4H,2-3,5-14H2,1H3. The summed E-state index contributed by atoms with van der Waals surface area (Å²) < 4.78 is 4.91. The van der Waals surface area contributed by atoms with E-state index in [2.05, 4.69) is 13.5 Å². The zero-order valence-electron chi connectivity index (χ0n) is 11.4. The molecule has 0 radical (unpaired) electrons. The minimum Gasteiger partial charge on any atom is -0.461 e. The Labute approximate surface area is 106 Å². The van der Waals surface area contributed by atoms with E-state index in [1.807, 2.05) is 0 Å². The monoisotopic (exact) mass is 240 g/mol. The molecule has 17 heavy (non-hydrogen) atoms. The fraction of sp³-hybridized carbons (Fsp3) is 0.800. The Bertz CT molecular complexity index is 187. The first-order valence-corrected chi connectivity index (χ1v) is 7.07. The van der Waals surface area contributed by atoms with Crippen LogP contribution in [0.15, 0.2) is 12.7 Å². The van der Waals surface area contributed by atoms with Crippen LogP contribution < -0.4 is 0 Å². The lowest BCUT2D eigenvalue weighted by atomic mass is 10.1. The zero-order valence-corrected chi connectivity index (χ0v) is 11.4. The number of rotatable bonds is 12. The molecule has 0 saturated heterocycles. The molecule has 0 aliphatic carbocycles. The van der Waals surface area contributed by atoms with Gasteiger partial charge in [0.25, 0.3) is 0 Å². The molecule has 0 unspecified atom stereocenters. The fourth-order valence-corrected chi connectivity index (χ4v) is 1.80. The number of hydrogen-bond donors (Lipinski definition) is 0. The van der Waals surface area contributed by atoms with E-state index in [1.54, 1.807) is 6.08 Å². The van der Waals surface area contributed by atoms with Crippen molar-refractivity contribution in [3.05, 3.63) is 12.7 Å². The smallest absolute Gasteiger partial charge is 0.306 e. The molecule has 0 spiro atoms. The maximum Gasteiger partial charge on any atom is 0.306 e. The molecular formula is C15H28O2. The van der Waals surface area contributed by atoms with Gasteiger partial charge in [0.15, 0.2) is 0 Å². The van der Waals surface area contributed by atoms with Crippen molar-refractivity contribution in [2.45, 2.75) is 71.1 Å². The predicted octanol–water partition coefficient (Wildman–Crippen LogP) is 4.64. The summed E-state index contributed by atoms with van der Waals surface area (Å²) in [6.07, 6.45) is 13.6. The fourth-order valence-electron chi connectivity index (χ4n) is 1.80. The first kappa shape index (κ1) is 16.2. The van der Waals surface area contributed by atoms with E-state index in [0.717, 1.165) is 12.8 Å². The van der Waals surface area contributed by atoms with Crippen LogP contribution in [0.5, 0.6) is 0 Å². The molecule has 0 rings (SSSR count). The maximum absolute atomic E-state index is 11.1. The number of esters is 1. The molecule has 2 heteroatoms. The van der Waals surface area contributed by atoms with Crippen molar-refractivity contribution in [2.24, 2.45) is 0 Å². The van der Waals surface area contributed by atoms with Crippen molar-refractivity contribution in [2.75, 3.05) is 6.61 Å². The van der Waals surface area contributed by atoms with Crippen molar-refractivity contribution < 1.29 is 9.53 Å². The summed E-state index contributed by atoms with van der Waals surface area (Å²) in [4.78, 5) is 11.1. The van der Waals surface area contributed by atoms with E-state index < -0.39 is 0 Å². The van der Waals surface area contributed by atoms with Gasteiger partial charge in [-0.15, -0.1) is 0 Å². The zero-order chi connectivity index (χ0) is 12.8. The Morgan fingerprint density at radius 1 is 1.00 bits per heavy atom. The van der Waals surface area contributed by atoms with E-state index in [1.165, 1.54) is 44.9 Å². The van der Waals surface area contributed by atoms with Crippen LogP contribution in [0.25, 0.3) is 0 Å². The van der Waals surface area contributed by atoms with Gasteiger partial charge in [-0.25, -0.2) is 0 Å². The lowest BCUT2D eigenvalue weighted by Crippen LogP contribution is -2.03. The van der Waals surface area contributed by atoms with Crippen LogP contribution in [-0.4, -0.2) is 12.6 Å². The van der Waals surface area contributed by atoms with Gasteiger partial charge in [0.1, 0.15) is 6.61 Å². The van der Waals surface area contributed by atoms with E-state index >= 15 is 0 Å². The third kappa shape index (κ3) is 13.1. The van der Waals surface area contributed by atoms with E-state index in [-0.39, 0.29) is 5.97 Å². The van der Waals surface area contributed by atoms with E-state index in [4.69, 9.17) is 4.74 Å². The molecule has 0 N–H and O–H groups in total. The molecule has 0 fully saturated rings. The summed E-state index contributed by atoms with van der Waals surface area (Å²) in [5, 5.41) is 0. The highest BCUT2D eigenvalue weighted by Gasteiger charge is 2.00. The Morgan fingerprint density at radius 2 is 1.53 bits per heavy atom. The van der Waals surface area contributed by atoms with Crippen LogP contribution >= 0.6 is 0 Å². The molecule has 0 atom stereocenters. The van der Waals surface area contributed by atoms with Crippen molar-refractivity contribution in [3.63, 3.8) is 0 Å². The Hall–Kier alpha value is -0.790. The summed E-state index contributed by atoms with van der Waals surface area (Å²) >= 11 is 0. The molecule has 0 bridgehead atoms. The number of carbonyl (C=O) groups is 1. The average molecular weight is 240 g/mol. The molecule has 0 amide bonds. The van der Waals surface area contributed by atoms with Crippen LogP contribution in [0.4, 0.5) is 0 Å². The quantitative estimate of drug-likeness (QED) is 0.282. The Kier molecular flexibility index (Phi) is 12.7. The van der Waals surface area contributed by atoms with Gasteiger partial charge < -0.3 is 4.74 Å². The summed E-state index contributed by atoms with van der Waals surface area (Å²) in [6.45, 7) is 6.09. The van der Waals surface area contributed by atoms with Gasteiger partial charge in [-0.2, -0.15) is 0 Å². The van der Waals surface area contributed by atoms with Gasteiger partial charge in [0.05, 0.1) is 0 Å². The summed E-state index contributed by atoms with van der Waals surface area (Å²) in [5.41, 5.74) is 0. The highest BCUT2D eigenvalue weighted by molar-refractivity contribution is 5.69. The Morgan fingerprint density at radius 3 is 2.06 bits per heavy atom. The van der Waals surface area contributed by atoms with Crippen molar-refractivity contribution >= 4 is 5.97 Å². The SMILES string of the molecule is C=CCOC(=O)CCCCCCCCCCC. The normalized spacial score (nSPS) is 10.2. The second kappa shape index (κ2) is 13.3. The van der Waals surface area contributed by atoms with Gasteiger partial charge in [-0.1, -0.05) is 70.9 Å². The third-order valence-electron chi connectivity index (χ3n) is 2.85. The minimum absolute atomic E-state index is 0.0900. The van der Waals surface area contributed by atoms with Crippen molar-refractivity contribution in [1.29, 1.82) is 0 Å². The molecule has 0 aliphatic rings. The highest BCUT2D eigenvalue weighted by atomic mass is 16.5. The minimum atomic E-state index is -0.0900.